The molecule has 0 aliphatic heterocycles. The van der Waals surface area contributed by atoms with Crippen LogP contribution >= 0.6 is 11.3 Å². The molecule has 0 fully saturated rings. The van der Waals surface area contributed by atoms with Crippen LogP contribution in [0, 0.1) is 0 Å². The van der Waals surface area contributed by atoms with Crippen LogP contribution in [0.15, 0.2) is 36.4 Å². The summed E-state index contributed by atoms with van der Waals surface area (Å²) in [5, 5.41) is 11.2. The molecule has 0 aliphatic carbocycles. The Morgan fingerprint density at radius 3 is 2.38 bits per heavy atom. The van der Waals surface area contributed by atoms with E-state index in [1.54, 1.807) is 23.5 Å². The minimum atomic E-state index is 0.0163. The van der Waals surface area contributed by atoms with Crippen LogP contribution in [0.3, 0.4) is 0 Å². The van der Waals surface area contributed by atoms with Crippen LogP contribution in [0.1, 0.15) is 17.5 Å². The first kappa shape index (κ1) is 16.3. The van der Waals surface area contributed by atoms with Gasteiger partial charge in [-0.2, -0.15) is 4.57 Å². The molecule has 1 heterocycles. The molecule has 3 aromatic rings. The number of ether oxygens (including phenoxy) is 2. The molecular formula is C19H20NO3S+. The molecule has 1 N–H and O–H groups in total. The molecule has 124 valence electrons. The van der Waals surface area contributed by atoms with E-state index in [4.69, 9.17) is 9.47 Å². The van der Waals surface area contributed by atoms with Gasteiger partial charge in [-0.1, -0.05) is 23.5 Å². The predicted molar refractivity (Wildman–Crippen MR) is 97.8 cm³/mol. The summed E-state index contributed by atoms with van der Waals surface area (Å²) >= 11 is 1.76. The molecule has 0 radical (unpaired) electrons. The molecule has 0 saturated carbocycles. The second-order valence-corrected chi connectivity index (χ2v) is 6.32. The van der Waals surface area contributed by atoms with Crippen molar-refractivity contribution >= 4 is 33.7 Å². The Hall–Kier alpha value is -2.53. The number of phenolic OH excluding ortho intramolecular Hbond substituents is 1. The lowest BCUT2D eigenvalue weighted by Crippen LogP contribution is -2.33. The maximum Gasteiger partial charge on any atom is 0.262 e. The van der Waals surface area contributed by atoms with E-state index in [2.05, 4.69) is 41.8 Å². The number of fused-ring (bicyclic) bond motifs is 1. The van der Waals surface area contributed by atoms with Crippen molar-refractivity contribution in [3.05, 3.63) is 47.0 Å². The molecule has 4 nitrogen and oxygen atoms in total. The van der Waals surface area contributed by atoms with Crippen LogP contribution in [-0.2, 0) is 6.54 Å². The Labute approximate surface area is 145 Å². The highest BCUT2D eigenvalue weighted by molar-refractivity contribution is 7.18. The van der Waals surface area contributed by atoms with Crippen LogP contribution in [0.25, 0.3) is 22.4 Å². The van der Waals surface area contributed by atoms with Crippen LogP contribution in [0.4, 0.5) is 0 Å². The van der Waals surface area contributed by atoms with E-state index in [1.807, 2.05) is 6.08 Å². The van der Waals surface area contributed by atoms with Gasteiger partial charge < -0.3 is 14.6 Å². The number of hydrogen-bond acceptors (Lipinski definition) is 4. The number of aryl methyl sites for hydroxylation is 1. The van der Waals surface area contributed by atoms with Crippen LogP contribution in [0.2, 0.25) is 0 Å². The second-order valence-electron chi connectivity index (χ2n) is 5.26. The molecule has 5 heteroatoms. The molecule has 0 atom stereocenters. The molecule has 0 spiro atoms. The maximum atomic E-state index is 10.00. The summed E-state index contributed by atoms with van der Waals surface area (Å²) in [5.74, 6) is 0.810. The standard InChI is InChI=1S/C19H19NO3S/c1-4-20-14-7-5-6-8-17(14)24-18(20)10-9-13-11-15(22-2)19(21)16(12-13)23-3/h5-12H,4H2,1-3H3/p+1. The number of methoxy groups -OCH3 is 2. The maximum absolute atomic E-state index is 10.00. The van der Waals surface area contributed by atoms with Gasteiger partial charge in [0, 0.05) is 12.1 Å². The van der Waals surface area contributed by atoms with Crippen molar-refractivity contribution in [3.8, 4) is 17.2 Å². The van der Waals surface area contributed by atoms with Crippen molar-refractivity contribution in [1.82, 2.24) is 0 Å². The molecule has 0 aliphatic rings. The molecular weight excluding hydrogens is 322 g/mol. The van der Waals surface area contributed by atoms with Crippen molar-refractivity contribution < 1.29 is 19.1 Å². The van der Waals surface area contributed by atoms with E-state index in [0.29, 0.717) is 11.5 Å². The molecule has 1 aromatic heterocycles. The predicted octanol–water partition coefficient (Wildman–Crippen LogP) is 4.10. The second kappa shape index (κ2) is 6.93. The van der Waals surface area contributed by atoms with Crippen molar-refractivity contribution in [1.29, 1.82) is 0 Å². The monoisotopic (exact) mass is 342 g/mol. The molecule has 0 amide bonds. The Bertz CT molecular complexity index is 874. The van der Waals surface area contributed by atoms with Gasteiger partial charge in [0.1, 0.15) is 11.2 Å². The van der Waals surface area contributed by atoms with Crippen LogP contribution < -0.4 is 14.0 Å². The zero-order valence-electron chi connectivity index (χ0n) is 13.9. The minimum absolute atomic E-state index is 0.0163. The molecule has 3 rings (SSSR count). The topological polar surface area (TPSA) is 42.6 Å². The Kier molecular flexibility index (Phi) is 4.71. The Balaban J connectivity index is 2.02. The number of benzene rings is 2. The lowest BCUT2D eigenvalue weighted by molar-refractivity contribution is -0.665. The highest BCUT2D eigenvalue weighted by Gasteiger charge is 2.16. The van der Waals surface area contributed by atoms with Gasteiger partial charge in [0.05, 0.1) is 14.2 Å². The highest BCUT2D eigenvalue weighted by atomic mass is 32.1. The van der Waals surface area contributed by atoms with Gasteiger partial charge in [0.25, 0.3) is 5.01 Å². The summed E-state index contributed by atoms with van der Waals surface area (Å²) in [6, 6.07) is 12.0. The first-order valence-corrected chi connectivity index (χ1v) is 8.54. The third-order valence-corrected chi connectivity index (χ3v) is 5.00. The fourth-order valence-corrected chi connectivity index (χ4v) is 3.81. The third-order valence-electron chi connectivity index (χ3n) is 3.87. The molecule has 0 bridgehead atoms. The van der Waals surface area contributed by atoms with Crippen molar-refractivity contribution in [3.63, 3.8) is 0 Å². The van der Waals surface area contributed by atoms with E-state index in [1.165, 1.54) is 29.4 Å². The highest BCUT2D eigenvalue weighted by Crippen LogP contribution is 2.37. The van der Waals surface area contributed by atoms with Crippen LogP contribution in [0.5, 0.6) is 17.2 Å². The third kappa shape index (κ3) is 2.95. The van der Waals surface area contributed by atoms with Gasteiger partial charge in [0.2, 0.25) is 11.3 Å². The zero-order chi connectivity index (χ0) is 17.1. The number of aromatic hydroxyl groups is 1. The summed E-state index contributed by atoms with van der Waals surface area (Å²) in [6.45, 7) is 3.05. The fourth-order valence-electron chi connectivity index (χ4n) is 2.68. The van der Waals surface area contributed by atoms with Gasteiger partial charge in [-0.3, -0.25) is 0 Å². The lowest BCUT2D eigenvalue weighted by Gasteiger charge is -2.09. The molecule has 0 saturated heterocycles. The summed E-state index contributed by atoms with van der Waals surface area (Å²) in [5.41, 5.74) is 2.15. The summed E-state index contributed by atoms with van der Waals surface area (Å²) in [7, 11) is 3.05. The number of hydrogen-bond donors (Lipinski definition) is 1. The first-order chi connectivity index (χ1) is 11.7. The molecule has 0 unspecified atom stereocenters. The number of para-hydroxylation sites is 1. The van der Waals surface area contributed by atoms with E-state index in [-0.39, 0.29) is 5.75 Å². The summed E-state index contributed by atoms with van der Waals surface area (Å²) < 4.78 is 14.0. The zero-order valence-corrected chi connectivity index (χ0v) is 14.8. The number of phenols is 1. The quantitative estimate of drug-likeness (QED) is 0.710. The van der Waals surface area contributed by atoms with Gasteiger partial charge in [0.15, 0.2) is 11.5 Å². The largest absolute Gasteiger partial charge is 0.502 e. The van der Waals surface area contributed by atoms with Gasteiger partial charge in [-0.25, -0.2) is 0 Å². The normalized spacial score (nSPS) is 11.3. The van der Waals surface area contributed by atoms with Crippen molar-refractivity contribution in [2.45, 2.75) is 13.5 Å². The van der Waals surface area contributed by atoms with E-state index >= 15 is 0 Å². The van der Waals surface area contributed by atoms with E-state index < -0.39 is 0 Å². The Morgan fingerprint density at radius 1 is 1.08 bits per heavy atom. The fraction of sp³-hybridized carbons (Fsp3) is 0.211. The van der Waals surface area contributed by atoms with Gasteiger partial charge in [-0.15, -0.1) is 0 Å². The lowest BCUT2D eigenvalue weighted by atomic mass is 10.1. The Morgan fingerprint density at radius 2 is 1.75 bits per heavy atom. The average molecular weight is 342 g/mol. The summed E-state index contributed by atoms with van der Waals surface area (Å²) in [4.78, 5) is 0. The SMILES string of the molecule is CC[n+]1c(/C=C/c2cc(OC)c(O)c(OC)c2)sc2ccccc21. The van der Waals surface area contributed by atoms with E-state index in [0.717, 1.165) is 12.1 Å². The van der Waals surface area contributed by atoms with Crippen molar-refractivity contribution in [2.24, 2.45) is 0 Å². The smallest absolute Gasteiger partial charge is 0.262 e. The average Bonchev–Trinajstić information content (AvgIpc) is 2.98. The molecule has 24 heavy (non-hydrogen) atoms. The van der Waals surface area contributed by atoms with E-state index in [9.17, 15) is 5.11 Å². The first-order valence-electron chi connectivity index (χ1n) is 7.72. The number of thiazole rings is 1. The van der Waals surface area contributed by atoms with Crippen molar-refractivity contribution in [2.75, 3.05) is 14.2 Å². The van der Waals surface area contributed by atoms with Gasteiger partial charge in [-0.05, 0) is 36.8 Å². The van der Waals surface area contributed by atoms with Gasteiger partial charge >= 0.3 is 0 Å². The van der Waals surface area contributed by atoms with Crippen LogP contribution in [-0.4, -0.2) is 19.3 Å². The number of nitrogens with zero attached hydrogens (tertiary/aromatic N) is 1. The molecule has 2 aromatic carbocycles. The summed E-state index contributed by atoms with van der Waals surface area (Å²) in [6.07, 6.45) is 4.08. The number of rotatable bonds is 5. The minimum Gasteiger partial charge on any atom is -0.502 e. The number of aromatic nitrogens is 1.